The lowest BCUT2D eigenvalue weighted by molar-refractivity contribution is -0.252. The van der Waals surface area contributed by atoms with Crippen LogP contribution in [0, 0.1) is 17.8 Å². The molecule has 1 aliphatic heterocycles. The Labute approximate surface area is 237 Å². The van der Waals surface area contributed by atoms with E-state index in [-0.39, 0.29) is 30.4 Å². The molecular formula is C33H43N3O4. The maximum Gasteiger partial charge on any atom is 0.319 e. The number of likely N-dealkylation sites (N-methyl/N-ethyl adjacent to an activating group) is 1. The molecule has 0 spiro atoms. The van der Waals surface area contributed by atoms with Gasteiger partial charge in [0.25, 0.3) is 0 Å². The van der Waals surface area contributed by atoms with Gasteiger partial charge in [-0.2, -0.15) is 0 Å². The van der Waals surface area contributed by atoms with Crippen molar-refractivity contribution in [1.29, 1.82) is 0 Å². The minimum atomic E-state index is -0.520. The first-order valence-corrected chi connectivity index (χ1v) is 14.9. The number of nitrogens with one attached hydrogen (secondary N) is 2. The van der Waals surface area contributed by atoms with Crippen LogP contribution >= 0.6 is 0 Å². The highest BCUT2D eigenvalue weighted by molar-refractivity contribution is 5.89. The van der Waals surface area contributed by atoms with Gasteiger partial charge in [0, 0.05) is 36.3 Å². The number of carbonyl (C=O) groups is 1. The Kier molecular flexibility index (Phi) is 8.00. The molecule has 0 radical (unpaired) electrons. The van der Waals surface area contributed by atoms with Crippen molar-refractivity contribution in [2.45, 2.75) is 75.6 Å². The molecule has 3 atom stereocenters. The SMILES string of the molecule is C=CCN(C)C[C@H]1C[C@@H](c2ccc(CO)cc2)O[C@@H](c2ccc(NC(=O)NC34CC5CC(CC(C5)C3)C4)cc2)O1. The lowest BCUT2D eigenvalue weighted by atomic mass is 9.53. The quantitative estimate of drug-likeness (QED) is 0.340. The number of rotatable bonds is 9. The summed E-state index contributed by atoms with van der Waals surface area (Å²) in [6.07, 6.45) is 9.44. The standard InChI is InChI=1S/C33H43N3O4/c1-3-12-36(2)20-29-16-30(26-6-4-22(21-37)5-7-26)40-31(39-29)27-8-10-28(11-9-27)34-32(38)35-33-17-23-13-24(18-33)15-25(14-23)19-33/h3-11,23-25,29-31,37H,1,12-21H2,2H3,(H2,34,35,38)/t23?,24?,25?,29-,30+,31+,33?/m1/s1. The molecule has 2 aromatic carbocycles. The Morgan fingerprint density at radius 2 is 1.60 bits per heavy atom. The molecule has 4 aliphatic carbocycles. The number of hydrogen-bond acceptors (Lipinski definition) is 5. The fourth-order valence-electron chi connectivity index (χ4n) is 8.07. The van der Waals surface area contributed by atoms with Crippen molar-refractivity contribution in [1.82, 2.24) is 10.2 Å². The van der Waals surface area contributed by atoms with E-state index in [2.05, 4.69) is 29.2 Å². The largest absolute Gasteiger partial charge is 0.392 e. The highest BCUT2D eigenvalue weighted by atomic mass is 16.7. The molecule has 7 rings (SSSR count). The van der Waals surface area contributed by atoms with Gasteiger partial charge in [-0.05, 0) is 86.6 Å². The topological polar surface area (TPSA) is 83.1 Å². The molecule has 1 heterocycles. The predicted octanol–water partition coefficient (Wildman–Crippen LogP) is 5.93. The maximum absolute atomic E-state index is 13.0. The smallest absolute Gasteiger partial charge is 0.319 e. The first kappa shape index (κ1) is 27.5. The maximum atomic E-state index is 13.0. The van der Waals surface area contributed by atoms with Crippen LogP contribution < -0.4 is 10.6 Å². The molecule has 1 saturated heterocycles. The van der Waals surface area contributed by atoms with Crippen LogP contribution in [-0.4, -0.2) is 47.8 Å². The summed E-state index contributed by atoms with van der Waals surface area (Å²) in [5, 5.41) is 15.9. The number of anilines is 1. The van der Waals surface area contributed by atoms with E-state index in [1.807, 2.05) is 54.6 Å². The lowest BCUT2D eigenvalue weighted by Gasteiger charge is -2.56. The molecule has 4 saturated carbocycles. The molecule has 4 bridgehead atoms. The second-order valence-electron chi connectivity index (χ2n) is 12.8. The van der Waals surface area contributed by atoms with E-state index in [1.165, 1.54) is 19.3 Å². The van der Waals surface area contributed by atoms with Crippen LogP contribution in [-0.2, 0) is 16.1 Å². The van der Waals surface area contributed by atoms with E-state index < -0.39 is 6.29 Å². The molecule has 2 aromatic rings. The Morgan fingerprint density at radius 3 is 2.20 bits per heavy atom. The molecule has 2 amide bonds. The van der Waals surface area contributed by atoms with Gasteiger partial charge >= 0.3 is 6.03 Å². The number of aliphatic hydroxyl groups is 1. The fourth-order valence-corrected chi connectivity index (χ4v) is 8.07. The van der Waals surface area contributed by atoms with Gasteiger partial charge < -0.3 is 30.1 Å². The highest BCUT2D eigenvalue weighted by Gasteiger charge is 2.51. The summed E-state index contributed by atoms with van der Waals surface area (Å²) in [5.41, 5.74) is 3.62. The summed E-state index contributed by atoms with van der Waals surface area (Å²) in [5.74, 6) is 2.37. The molecule has 40 heavy (non-hydrogen) atoms. The van der Waals surface area contributed by atoms with Gasteiger partial charge in [0.05, 0.1) is 18.8 Å². The molecule has 214 valence electrons. The van der Waals surface area contributed by atoms with Crippen molar-refractivity contribution in [3.05, 3.63) is 77.9 Å². The number of nitrogens with zero attached hydrogens (tertiary/aromatic N) is 1. The van der Waals surface area contributed by atoms with Crippen molar-refractivity contribution >= 4 is 11.7 Å². The third-order valence-electron chi connectivity index (χ3n) is 9.43. The molecule has 5 aliphatic rings. The van der Waals surface area contributed by atoms with Gasteiger partial charge in [0.15, 0.2) is 6.29 Å². The van der Waals surface area contributed by atoms with E-state index in [4.69, 9.17) is 9.47 Å². The van der Waals surface area contributed by atoms with Crippen LogP contribution in [0.1, 0.15) is 74.0 Å². The van der Waals surface area contributed by atoms with E-state index in [9.17, 15) is 9.90 Å². The number of urea groups is 1. The third kappa shape index (κ3) is 6.13. The summed E-state index contributed by atoms with van der Waals surface area (Å²) in [4.78, 5) is 15.2. The van der Waals surface area contributed by atoms with Gasteiger partial charge in [-0.3, -0.25) is 0 Å². The van der Waals surface area contributed by atoms with Crippen LogP contribution in [0.4, 0.5) is 10.5 Å². The molecule has 7 heteroatoms. The van der Waals surface area contributed by atoms with Crippen molar-refractivity contribution < 1.29 is 19.4 Å². The van der Waals surface area contributed by atoms with Crippen LogP contribution in [0.2, 0.25) is 0 Å². The zero-order valence-electron chi connectivity index (χ0n) is 23.6. The van der Waals surface area contributed by atoms with Crippen LogP contribution in [0.15, 0.2) is 61.2 Å². The lowest BCUT2D eigenvalue weighted by Crippen LogP contribution is -2.60. The minimum absolute atomic E-state index is 0.0132. The van der Waals surface area contributed by atoms with Crippen LogP contribution in [0.5, 0.6) is 0 Å². The Morgan fingerprint density at radius 1 is 0.975 bits per heavy atom. The monoisotopic (exact) mass is 545 g/mol. The van der Waals surface area contributed by atoms with Crippen molar-refractivity contribution in [2.75, 3.05) is 25.5 Å². The first-order valence-electron chi connectivity index (χ1n) is 14.9. The average molecular weight is 546 g/mol. The first-order chi connectivity index (χ1) is 19.4. The zero-order valence-corrected chi connectivity index (χ0v) is 23.6. The number of aliphatic hydroxyl groups excluding tert-OH is 1. The third-order valence-corrected chi connectivity index (χ3v) is 9.43. The average Bonchev–Trinajstić information content (AvgIpc) is 2.92. The van der Waals surface area contributed by atoms with Crippen molar-refractivity contribution in [3.8, 4) is 0 Å². The zero-order chi connectivity index (χ0) is 27.7. The Balaban J connectivity index is 1.11. The molecule has 0 aromatic heterocycles. The summed E-state index contributed by atoms with van der Waals surface area (Å²) in [7, 11) is 2.06. The number of amides is 2. The molecule has 0 unspecified atom stereocenters. The van der Waals surface area contributed by atoms with Crippen LogP contribution in [0.25, 0.3) is 0 Å². The Bertz CT molecular complexity index is 1150. The second kappa shape index (κ2) is 11.6. The van der Waals surface area contributed by atoms with E-state index in [0.29, 0.717) is 0 Å². The number of benzene rings is 2. The molecule has 7 nitrogen and oxygen atoms in total. The summed E-state index contributed by atoms with van der Waals surface area (Å²) in [6, 6.07) is 15.7. The van der Waals surface area contributed by atoms with Crippen LogP contribution in [0.3, 0.4) is 0 Å². The molecule has 3 N–H and O–H groups in total. The predicted molar refractivity (Wildman–Crippen MR) is 156 cm³/mol. The number of carbonyl (C=O) groups excluding carboxylic acids is 1. The van der Waals surface area contributed by atoms with Gasteiger partial charge in [0.2, 0.25) is 0 Å². The molecular weight excluding hydrogens is 502 g/mol. The fraction of sp³-hybridized carbons (Fsp3) is 0.545. The Hall–Kier alpha value is -2.71. The van der Waals surface area contributed by atoms with E-state index in [0.717, 1.165) is 78.9 Å². The summed E-state index contributed by atoms with van der Waals surface area (Å²) >= 11 is 0. The van der Waals surface area contributed by atoms with Crippen molar-refractivity contribution in [3.63, 3.8) is 0 Å². The van der Waals surface area contributed by atoms with Gasteiger partial charge in [0.1, 0.15) is 0 Å². The highest BCUT2D eigenvalue weighted by Crippen LogP contribution is 2.55. The van der Waals surface area contributed by atoms with E-state index in [1.54, 1.807) is 0 Å². The number of hydrogen-bond donors (Lipinski definition) is 3. The summed E-state index contributed by atoms with van der Waals surface area (Å²) in [6.45, 7) is 5.43. The van der Waals surface area contributed by atoms with Crippen molar-refractivity contribution in [2.24, 2.45) is 17.8 Å². The number of ether oxygens (including phenoxy) is 2. The van der Waals surface area contributed by atoms with Gasteiger partial charge in [-0.15, -0.1) is 6.58 Å². The summed E-state index contributed by atoms with van der Waals surface area (Å²) < 4.78 is 12.9. The second-order valence-corrected chi connectivity index (χ2v) is 12.8. The van der Waals surface area contributed by atoms with E-state index >= 15 is 0 Å². The van der Waals surface area contributed by atoms with Gasteiger partial charge in [-0.1, -0.05) is 42.5 Å². The van der Waals surface area contributed by atoms with Gasteiger partial charge in [-0.25, -0.2) is 4.79 Å². The minimum Gasteiger partial charge on any atom is -0.392 e. The molecule has 5 fully saturated rings. The normalized spacial score (nSPS) is 32.7.